The van der Waals surface area contributed by atoms with Gasteiger partial charge in [-0.3, -0.25) is 4.79 Å². The van der Waals surface area contributed by atoms with Crippen LogP contribution in [-0.2, 0) is 0 Å². The van der Waals surface area contributed by atoms with Gasteiger partial charge in [-0.15, -0.1) is 0 Å². The van der Waals surface area contributed by atoms with Crippen LogP contribution in [0.25, 0.3) is 0 Å². The van der Waals surface area contributed by atoms with Crippen LogP contribution in [-0.4, -0.2) is 11.0 Å². The van der Waals surface area contributed by atoms with Crippen molar-refractivity contribution in [3.63, 3.8) is 0 Å². The minimum atomic E-state index is -0.326. The zero-order chi connectivity index (χ0) is 14.9. The van der Waals surface area contributed by atoms with Gasteiger partial charge in [0.25, 0.3) is 5.91 Å². The van der Waals surface area contributed by atoms with E-state index in [9.17, 15) is 9.90 Å². The summed E-state index contributed by atoms with van der Waals surface area (Å²) in [7, 11) is 0. The monoisotopic (exact) mass is 417 g/mol. The second kappa shape index (κ2) is 6.16. The number of phenolic OH excluding ortho intramolecular Hbond substituents is 1. The van der Waals surface area contributed by atoms with Gasteiger partial charge in [-0.2, -0.15) is 0 Å². The Hall–Kier alpha value is -1.04. The average molecular weight is 420 g/mol. The molecule has 6 heteroatoms. The molecule has 2 rings (SSSR count). The SMILES string of the molecule is Cc1cc(Br)c(NC(=O)c2ccc(Br)c(O)c2)cc1Cl. The second-order valence-corrected chi connectivity index (χ2v) is 6.32. The molecular weight excluding hydrogens is 409 g/mol. The number of amides is 1. The molecule has 0 aromatic heterocycles. The van der Waals surface area contributed by atoms with Gasteiger partial charge in [0, 0.05) is 15.1 Å². The summed E-state index contributed by atoms with van der Waals surface area (Å²) in [6.07, 6.45) is 0. The number of phenols is 1. The van der Waals surface area contributed by atoms with Gasteiger partial charge >= 0.3 is 0 Å². The zero-order valence-electron chi connectivity index (χ0n) is 10.4. The van der Waals surface area contributed by atoms with Crippen LogP contribution >= 0.6 is 43.5 Å². The van der Waals surface area contributed by atoms with E-state index < -0.39 is 0 Å². The van der Waals surface area contributed by atoms with Gasteiger partial charge in [-0.1, -0.05) is 11.6 Å². The number of rotatable bonds is 2. The number of anilines is 1. The van der Waals surface area contributed by atoms with Crippen molar-refractivity contribution in [2.24, 2.45) is 0 Å². The Balaban J connectivity index is 2.27. The highest BCUT2D eigenvalue weighted by Crippen LogP contribution is 2.30. The summed E-state index contributed by atoms with van der Waals surface area (Å²) in [5.41, 5.74) is 1.85. The van der Waals surface area contributed by atoms with Crippen LogP contribution in [0, 0.1) is 6.92 Å². The van der Waals surface area contributed by atoms with E-state index in [0.29, 0.717) is 20.7 Å². The number of carbonyl (C=O) groups excluding carboxylic acids is 1. The van der Waals surface area contributed by atoms with Crippen LogP contribution in [0.4, 0.5) is 5.69 Å². The van der Waals surface area contributed by atoms with E-state index in [1.807, 2.05) is 13.0 Å². The number of aryl methyl sites for hydroxylation is 1. The number of halogens is 3. The van der Waals surface area contributed by atoms with Crippen molar-refractivity contribution < 1.29 is 9.90 Å². The molecule has 0 spiro atoms. The number of benzene rings is 2. The summed E-state index contributed by atoms with van der Waals surface area (Å²) >= 11 is 12.6. The standard InChI is InChI=1S/C14H10Br2ClNO2/c1-7-4-10(16)12(6-11(7)17)18-14(20)8-2-3-9(15)13(19)5-8/h2-6,19H,1H3,(H,18,20). The number of aromatic hydroxyl groups is 1. The lowest BCUT2D eigenvalue weighted by molar-refractivity contribution is 0.102. The van der Waals surface area contributed by atoms with Crippen molar-refractivity contribution in [3.05, 3.63) is 55.4 Å². The van der Waals surface area contributed by atoms with Crippen molar-refractivity contribution >= 4 is 55.1 Å². The molecule has 2 N–H and O–H groups in total. The Morgan fingerprint density at radius 2 is 1.90 bits per heavy atom. The first-order valence-corrected chi connectivity index (χ1v) is 7.60. The first-order valence-electron chi connectivity index (χ1n) is 5.64. The molecule has 0 radical (unpaired) electrons. The van der Waals surface area contributed by atoms with Gasteiger partial charge in [0.15, 0.2) is 0 Å². The van der Waals surface area contributed by atoms with Crippen molar-refractivity contribution in [1.29, 1.82) is 0 Å². The summed E-state index contributed by atoms with van der Waals surface area (Å²) in [6.45, 7) is 1.88. The van der Waals surface area contributed by atoms with Crippen molar-refractivity contribution in [1.82, 2.24) is 0 Å². The van der Waals surface area contributed by atoms with E-state index in [1.54, 1.807) is 18.2 Å². The quantitative estimate of drug-likeness (QED) is 0.709. The first-order chi connectivity index (χ1) is 9.38. The minimum absolute atomic E-state index is 0.0126. The number of hydrogen-bond acceptors (Lipinski definition) is 2. The highest BCUT2D eigenvalue weighted by molar-refractivity contribution is 9.11. The largest absolute Gasteiger partial charge is 0.507 e. The van der Waals surface area contributed by atoms with Gasteiger partial charge < -0.3 is 10.4 Å². The Labute approximate surface area is 138 Å². The van der Waals surface area contributed by atoms with Gasteiger partial charge in [-0.25, -0.2) is 0 Å². The van der Waals surface area contributed by atoms with Gasteiger partial charge in [0.05, 0.1) is 10.2 Å². The molecule has 2 aromatic carbocycles. The third-order valence-electron chi connectivity index (χ3n) is 2.70. The molecule has 20 heavy (non-hydrogen) atoms. The lowest BCUT2D eigenvalue weighted by Crippen LogP contribution is -2.12. The fourth-order valence-electron chi connectivity index (χ4n) is 1.59. The predicted octanol–water partition coefficient (Wildman–Crippen LogP) is 5.13. The molecule has 0 aliphatic carbocycles. The van der Waals surface area contributed by atoms with E-state index >= 15 is 0 Å². The van der Waals surface area contributed by atoms with Gasteiger partial charge in [-0.05, 0) is 74.7 Å². The van der Waals surface area contributed by atoms with Crippen LogP contribution < -0.4 is 5.32 Å². The minimum Gasteiger partial charge on any atom is -0.507 e. The van der Waals surface area contributed by atoms with Crippen LogP contribution in [0.2, 0.25) is 5.02 Å². The fourth-order valence-corrected chi connectivity index (χ4v) is 2.56. The topological polar surface area (TPSA) is 49.3 Å². The summed E-state index contributed by atoms with van der Waals surface area (Å²) in [6, 6.07) is 8.13. The van der Waals surface area contributed by atoms with Crippen molar-refractivity contribution in [2.75, 3.05) is 5.32 Å². The lowest BCUT2D eigenvalue weighted by atomic mass is 10.2. The summed E-state index contributed by atoms with van der Waals surface area (Å²) < 4.78 is 1.28. The molecule has 2 aromatic rings. The molecule has 0 fully saturated rings. The average Bonchev–Trinajstić information content (AvgIpc) is 2.39. The first kappa shape index (κ1) is 15.4. The molecule has 0 bridgehead atoms. The molecular formula is C14H10Br2ClNO2. The summed E-state index contributed by atoms with van der Waals surface area (Å²) in [5.74, 6) is -0.313. The summed E-state index contributed by atoms with van der Waals surface area (Å²) in [4.78, 5) is 12.1. The molecule has 0 unspecified atom stereocenters. The van der Waals surface area contributed by atoms with Crippen LogP contribution in [0.1, 0.15) is 15.9 Å². The van der Waals surface area contributed by atoms with Gasteiger partial charge in [0.2, 0.25) is 0 Å². The second-order valence-electron chi connectivity index (χ2n) is 4.20. The van der Waals surface area contributed by atoms with Gasteiger partial charge in [0.1, 0.15) is 5.75 Å². The maximum absolute atomic E-state index is 12.1. The normalized spacial score (nSPS) is 10.4. The molecule has 104 valence electrons. The third kappa shape index (κ3) is 3.34. The van der Waals surface area contributed by atoms with Crippen LogP contribution in [0.3, 0.4) is 0 Å². The predicted molar refractivity (Wildman–Crippen MR) is 87.6 cm³/mol. The zero-order valence-corrected chi connectivity index (χ0v) is 14.3. The van der Waals surface area contributed by atoms with E-state index in [-0.39, 0.29) is 11.7 Å². The maximum Gasteiger partial charge on any atom is 0.255 e. The Morgan fingerprint density at radius 1 is 1.20 bits per heavy atom. The fraction of sp³-hybridized carbons (Fsp3) is 0.0714. The molecule has 0 aliphatic rings. The Bertz CT molecular complexity index is 689. The number of hydrogen-bond donors (Lipinski definition) is 2. The molecule has 1 amide bonds. The highest BCUT2D eigenvalue weighted by atomic mass is 79.9. The highest BCUT2D eigenvalue weighted by Gasteiger charge is 2.11. The number of carbonyl (C=O) groups is 1. The molecule has 0 saturated carbocycles. The number of nitrogens with one attached hydrogen (secondary N) is 1. The van der Waals surface area contributed by atoms with Crippen LogP contribution in [0.15, 0.2) is 39.3 Å². The third-order valence-corrected chi connectivity index (χ3v) is 4.44. The molecule has 0 aliphatic heterocycles. The molecule has 3 nitrogen and oxygen atoms in total. The molecule has 0 heterocycles. The Kier molecular flexibility index (Phi) is 4.73. The van der Waals surface area contributed by atoms with Crippen LogP contribution in [0.5, 0.6) is 5.75 Å². The van der Waals surface area contributed by atoms with E-state index in [2.05, 4.69) is 37.2 Å². The van der Waals surface area contributed by atoms with E-state index in [0.717, 1.165) is 10.0 Å². The van der Waals surface area contributed by atoms with E-state index in [1.165, 1.54) is 6.07 Å². The van der Waals surface area contributed by atoms with Crippen molar-refractivity contribution in [3.8, 4) is 5.75 Å². The van der Waals surface area contributed by atoms with Crippen molar-refractivity contribution in [2.45, 2.75) is 6.92 Å². The lowest BCUT2D eigenvalue weighted by Gasteiger charge is -2.10. The maximum atomic E-state index is 12.1. The molecule has 0 atom stereocenters. The molecule has 0 saturated heterocycles. The van der Waals surface area contributed by atoms with E-state index in [4.69, 9.17) is 11.6 Å². The summed E-state index contributed by atoms with van der Waals surface area (Å²) in [5, 5.41) is 12.9. The Morgan fingerprint density at radius 3 is 2.55 bits per heavy atom. The smallest absolute Gasteiger partial charge is 0.255 e.